The third-order valence-electron chi connectivity index (χ3n) is 7.26. The van der Waals surface area contributed by atoms with Gasteiger partial charge >= 0.3 is 6.09 Å². The van der Waals surface area contributed by atoms with Crippen LogP contribution in [0.2, 0.25) is 0 Å². The third kappa shape index (κ3) is 9.17. The summed E-state index contributed by atoms with van der Waals surface area (Å²) in [4.78, 5) is 46.0. The maximum atomic E-state index is 13.6. The van der Waals surface area contributed by atoms with Crippen molar-refractivity contribution in [2.24, 2.45) is 11.8 Å². The molecule has 1 aliphatic carbocycles. The van der Waals surface area contributed by atoms with Crippen molar-refractivity contribution in [3.63, 3.8) is 0 Å². The number of nitrogens with one attached hydrogen (secondary N) is 2. The van der Waals surface area contributed by atoms with Gasteiger partial charge in [0.2, 0.25) is 10.0 Å². The summed E-state index contributed by atoms with van der Waals surface area (Å²) in [5, 5.41) is 5.35. The van der Waals surface area contributed by atoms with E-state index in [0.29, 0.717) is 24.2 Å². The normalized spacial score (nSPS) is 17.9. The second kappa shape index (κ2) is 12.7. The first-order valence-corrected chi connectivity index (χ1v) is 15.8. The number of ether oxygens (including phenoxy) is 1. The van der Waals surface area contributed by atoms with Gasteiger partial charge < -0.3 is 20.3 Å². The molecule has 42 heavy (non-hydrogen) atoms. The van der Waals surface area contributed by atoms with E-state index in [-0.39, 0.29) is 24.3 Å². The summed E-state index contributed by atoms with van der Waals surface area (Å²) in [6.07, 6.45) is 1.58. The molecule has 1 aromatic heterocycles. The SMILES string of the molecule is CC1CC1CN(C)c1cc(C(=O)NCC(=O)[C@@](C)(Cc2ccccc2)NC(=O)OC(C)(C)C)cc(N(C)S(C)(=O)=O)n1. The van der Waals surface area contributed by atoms with Crippen LogP contribution in [0.4, 0.5) is 16.4 Å². The number of hydrogen-bond acceptors (Lipinski definition) is 8. The number of aromatic nitrogens is 1. The summed E-state index contributed by atoms with van der Waals surface area (Å²) < 4.78 is 30.9. The molecule has 1 heterocycles. The van der Waals surface area contributed by atoms with E-state index in [2.05, 4.69) is 22.5 Å². The Morgan fingerprint density at radius 3 is 2.19 bits per heavy atom. The Kier molecular flexibility index (Phi) is 9.92. The summed E-state index contributed by atoms with van der Waals surface area (Å²) in [5.41, 5.74) is -1.19. The molecular weight excluding hydrogens is 558 g/mol. The van der Waals surface area contributed by atoms with E-state index in [1.54, 1.807) is 33.8 Å². The van der Waals surface area contributed by atoms with Crippen LogP contribution in [0.25, 0.3) is 0 Å². The van der Waals surface area contributed by atoms with Crippen molar-refractivity contribution in [2.75, 3.05) is 42.6 Å². The van der Waals surface area contributed by atoms with Crippen molar-refractivity contribution in [2.45, 2.75) is 58.6 Å². The lowest BCUT2D eigenvalue weighted by molar-refractivity contribution is -0.123. The van der Waals surface area contributed by atoms with Gasteiger partial charge in [-0.25, -0.2) is 18.2 Å². The Hall–Kier alpha value is -3.67. The van der Waals surface area contributed by atoms with Crippen molar-refractivity contribution >= 4 is 39.4 Å². The van der Waals surface area contributed by atoms with Crippen LogP contribution in [0.1, 0.15) is 57.0 Å². The average molecular weight is 602 g/mol. The van der Waals surface area contributed by atoms with Crippen molar-refractivity contribution in [1.82, 2.24) is 15.6 Å². The molecule has 3 rings (SSSR count). The molecule has 2 aromatic rings. The van der Waals surface area contributed by atoms with Crippen molar-refractivity contribution in [1.29, 1.82) is 0 Å². The highest BCUT2D eigenvalue weighted by Gasteiger charge is 2.37. The van der Waals surface area contributed by atoms with Crippen molar-refractivity contribution < 1.29 is 27.5 Å². The van der Waals surface area contributed by atoms with Crippen LogP contribution >= 0.6 is 0 Å². The molecule has 0 saturated heterocycles. The van der Waals surface area contributed by atoms with Crippen molar-refractivity contribution in [3.05, 3.63) is 53.6 Å². The maximum absolute atomic E-state index is 13.6. The van der Waals surface area contributed by atoms with Gasteiger partial charge in [-0.05, 0) is 63.6 Å². The third-order valence-corrected chi connectivity index (χ3v) is 8.44. The topological polar surface area (TPSA) is 138 Å². The first-order valence-electron chi connectivity index (χ1n) is 13.9. The number of carbonyl (C=O) groups is 3. The maximum Gasteiger partial charge on any atom is 0.408 e. The Morgan fingerprint density at radius 1 is 1.05 bits per heavy atom. The first-order chi connectivity index (χ1) is 19.4. The number of ketones is 1. The number of alkyl carbamates (subject to hydrolysis) is 1. The quantitative estimate of drug-likeness (QED) is 0.378. The number of nitrogens with zero attached hydrogens (tertiary/aromatic N) is 3. The van der Waals surface area contributed by atoms with Crippen LogP contribution < -0.4 is 19.8 Å². The lowest BCUT2D eigenvalue weighted by atomic mass is 9.88. The second-order valence-electron chi connectivity index (χ2n) is 12.4. The summed E-state index contributed by atoms with van der Waals surface area (Å²) in [6, 6.07) is 12.2. The fourth-order valence-electron chi connectivity index (χ4n) is 4.46. The highest BCUT2D eigenvalue weighted by atomic mass is 32.2. The minimum atomic E-state index is -3.65. The van der Waals surface area contributed by atoms with Gasteiger partial charge in [0.05, 0.1) is 12.8 Å². The van der Waals surface area contributed by atoms with Crippen LogP contribution in [0.3, 0.4) is 0 Å². The van der Waals surface area contributed by atoms with Gasteiger partial charge in [-0.2, -0.15) is 0 Å². The van der Waals surface area contributed by atoms with E-state index in [9.17, 15) is 22.8 Å². The van der Waals surface area contributed by atoms with E-state index in [1.165, 1.54) is 13.1 Å². The van der Waals surface area contributed by atoms with Gasteiger partial charge in [0, 0.05) is 32.6 Å². The van der Waals surface area contributed by atoms with Crippen LogP contribution in [-0.2, 0) is 26.0 Å². The van der Waals surface area contributed by atoms with E-state index in [1.807, 2.05) is 42.3 Å². The molecule has 1 fully saturated rings. The van der Waals surface area contributed by atoms with Crippen LogP contribution in [0, 0.1) is 11.8 Å². The summed E-state index contributed by atoms with van der Waals surface area (Å²) >= 11 is 0. The Labute approximate surface area is 249 Å². The van der Waals surface area contributed by atoms with Crippen LogP contribution in [0.5, 0.6) is 0 Å². The lowest BCUT2D eigenvalue weighted by Gasteiger charge is -2.31. The van der Waals surface area contributed by atoms with Crippen LogP contribution in [0.15, 0.2) is 42.5 Å². The summed E-state index contributed by atoms with van der Waals surface area (Å²) in [6.45, 7) is 9.27. The van der Waals surface area contributed by atoms with Gasteiger partial charge in [0.15, 0.2) is 5.78 Å². The Morgan fingerprint density at radius 2 is 1.64 bits per heavy atom. The van der Waals surface area contributed by atoms with E-state index >= 15 is 0 Å². The molecule has 1 aromatic carbocycles. The Balaban J connectivity index is 1.83. The zero-order valence-electron chi connectivity index (χ0n) is 25.7. The monoisotopic (exact) mass is 601 g/mol. The Bertz CT molecular complexity index is 1410. The number of benzene rings is 1. The van der Waals surface area contributed by atoms with Gasteiger partial charge in [-0.3, -0.25) is 13.9 Å². The summed E-state index contributed by atoms with van der Waals surface area (Å²) in [5.74, 6) is 0.614. The number of pyridine rings is 1. The van der Waals surface area contributed by atoms with Gasteiger partial charge in [-0.15, -0.1) is 0 Å². The molecule has 2 N–H and O–H groups in total. The molecule has 0 radical (unpaired) electrons. The van der Waals surface area contributed by atoms with E-state index < -0.39 is 38.9 Å². The molecule has 12 heteroatoms. The molecule has 230 valence electrons. The zero-order chi connectivity index (χ0) is 31.5. The molecule has 0 bridgehead atoms. The second-order valence-corrected chi connectivity index (χ2v) is 14.4. The molecule has 2 unspecified atom stereocenters. The minimum absolute atomic E-state index is 0.0858. The largest absolute Gasteiger partial charge is 0.444 e. The molecule has 2 amide bonds. The lowest BCUT2D eigenvalue weighted by Crippen LogP contribution is -2.57. The number of hydrogen-bond donors (Lipinski definition) is 2. The summed E-state index contributed by atoms with van der Waals surface area (Å²) in [7, 11) is -0.430. The fourth-order valence-corrected chi connectivity index (χ4v) is 4.89. The molecule has 0 aliphatic heterocycles. The predicted molar refractivity (Wildman–Crippen MR) is 163 cm³/mol. The number of carbonyl (C=O) groups excluding carboxylic acids is 3. The molecule has 0 spiro atoms. The fraction of sp³-hybridized carbons (Fsp3) is 0.533. The highest BCUT2D eigenvalue weighted by molar-refractivity contribution is 7.92. The molecule has 3 atom stereocenters. The first kappa shape index (κ1) is 32.8. The van der Waals surface area contributed by atoms with Crippen molar-refractivity contribution in [3.8, 4) is 0 Å². The standard InChI is InChI=1S/C30H43N5O6S/c1-20-14-23(20)19-34(6)25-15-22(16-26(32-25)35(7)42(8,39)40)27(37)31-18-24(36)30(5,17-21-12-10-9-11-13-21)33-28(38)41-29(2,3)4/h9-13,15-16,20,23H,14,17-19H2,1-8H3,(H,31,37)(H,33,38)/t20?,23?,30-/m1/s1. The molecular formula is C30H43N5O6S. The molecule has 1 saturated carbocycles. The molecule has 11 nitrogen and oxygen atoms in total. The number of sulfonamides is 1. The molecule has 1 aliphatic rings. The van der Waals surface area contributed by atoms with Gasteiger partial charge in [0.25, 0.3) is 5.91 Å². The number of Topliss-reactive ketones (excluding diaryl/α,β-unsaturated/α-hetero) is 1. The smallest absolute Gasteiger partial charge is 0.408 e. The minimum Gasteiger partial charge on any atom is -0.444 e. The number of amides is 2. The van der Waals surface area contributed by atoms with E-state index in [0.717, 1.165) is 22.5 Å². The average Bonchev–Trinajstić information content (AvgIpc) is 3.58. The van der Waals surface area contributed by atoms with Gasteiger partial charge in [-0.1, -0.05) is 37.3 Å². The predicted octanol–water partition coefficient (Wildman–Crippen LogP) is 3.39. The zero-order valence-corrected chi connectivity index (χ0v) is 26.5. The number of rotatable bonds is 12. The van der Waals surface area contributed by atoms with Crippen LogP contribution in [-0.4, -0.2) is 75.8 Å². The van der Waals surface area contributed by atoms with E-state index in [4.69, 9.17) is 4.74 Å². The van der Waals surface area contributed by atoms with Gasteiger partial charge in [0.1, 0.15) is 22.8 Å². The highest BCUT2D eigenvalue weighted by Crippen LogP contribution is 2.38. The number of anilines is 2.